The number of aliphatic hydroxyl groups is 1. The molecule has 0 aliphatic heterocycles. The van der Waals surface area contributed by atoms with E-state index in [1.165, 1.54) is 6.07 Å². The Morgan fingerprint density at radius 2 is 2.19 bits per heavy atom. The van der Waals surface area contributed by atoms with Crippen LogP contribution < -0.4 is 5.32 Å². The molecule has 0 aliphatic rings. The van der Waals surface area contributed by atoms with Crippen LogP contribution in [0.2, 0.25) is 0 Å². The summed E-state index contributed by atoms with van der Waals surface area (Å²) < 4.78 is 14.4. The molecule has 0 bridgehead atoms. The molecular weight excluding hydrogens is 273 g/mol. The molecule has 0 radical (unpaired) electrons. The molecular formula is C12H17BrFNO. The van der Waals surface area contributed by atoms with Crippen molar-refractivity contribution in [1.29, 1.82) is 0 Å². The maximum Gasteiger partial charge on any atom is 0.129 e. The molecule has 0 spiro atoms. The first kappa shape index (κ1) is 13.6. The average Bonchev–Trinajstić information content (AvgIpc) is 2.25. The summed E-state index contributed by atoms with van der Waals surface area (Å²) in [6, 6.07) is 4.92. The van der Waals surface area contributed by atoms with Gasteiger partial charge < -0.3 is 10.4 Å². The zero-order valence-electron chi connectivity index (χ0n) is 9.50. The fourth-order valence-corrected chi connectivity index (χ4v) is 1.93. The first-order valence-electron chi connectivity index (χ1n) is 5.40. The van der Waals surface area contributed by atoms with Crippen LogP contribution in [0.1, 0.15) is 31.9 Å². The van der Waals surface area contributed by atoms with Gasteiger partial charge >= 0.3 is 0 Å². The standard InChI is InChI=1S/C12H17BrFNO/c1-3-10(7-16)15-8(2)11-5-4-9(13)6-12(11)14/h4-6,8,10,15-16H,3,7H2,1-2H3/t8?,10-/m1/s1. The molecule has 1 rings (SSSR count). The van der Waals surface area contributed by atoms with Gasteiger partial charge in [0.2, 0.25) is 0 Å². The predicted molar refractivity (Wildman–Crippen MR) is 66.8 cm³/mol. The summed E-state index contributed by atoms with van der Waals surface area (Å²) in [6.07, 6.45) is 0.818. The van der Waals surface area contributed by atoms with Gasteiger partial charge in [-0.2, -0.15) is 0 Å². The molecule has 0 aromatic heterocycles. The fourth-order valence-electron chi connectivity index (χ4n) is 1.60. The number of halogens is 2. The number of rotatable bonds is 5. The van der Waals surface area contributed by atoms with Crippen molar-refractivity contribution in [1.82, 2.24) is 5.32 Å². The smallest absolute Gasteiger partial charge is 0.129 e. The van der Waals surface area contributed by atoms with Crippen LogP contribution in [0.25, 0.3) is 0 Å². The van der Waals surface area contributed by atoms with Gasteiger partial charge in [-0.1, -0.05) is 28.9 Å². The summed E-state index contributed by atoms with van der Waals surface area (Å²) in [5, 5.41) is 12.3. The van der Waals surface area contributed by atoms with E-state index in [9.17, 15) is 4.39 Å². The lowest BCUT2D eigenvalue weighted by atomic mass is 10.1. The number of aliphatic hydroxyl groups excluding tert-OH is 1. The van der Waals surface area contributed by atoms with Crippen LogP contribution in [0, 0.1) is 5.82 Å². The van der Waals surface area contributed by atoms with Crippen LogP contribution in [0.5, 0.6) is 0 Å². The minimum Gasteiger partial charge on any atom is -0.395 e. The quantitative estimate of drug-likeness (QED) is 0.873. The van der Waals surface area contributed by atoms with Crippen LogP contribution in [0.4, 0.5) is 4.39 Å². The SMILES string of the molecule is CC[C@H](CO)NC(C)c1ccc(Br)cc1F. The molecule has 2 atom stereocenters. The maximum absolute atomic E-state index is 13.6. The van der Waals surface area contributed by atoms with Crippen LogP contribution in [0.15, 0.2) is 22.7 Å². The first-order valence-corrected chi connectivity index (χ1v) is 6.19. The maximum atomic E-state index is 13.6. The van der Waals surface area contributed by atoms with Gasteiger partial charge in [0.25, 0.3) is 0 Å². The van der Waals surface area contributed by atoms with Gasteiger partial charge in [-0.25, -0.2) is 4.39 Å². The highest BCUT2D eigenvalue weighted by atomic mass is 79.9. The Bertz CT molecular complexity index is 342. The first-order chi connectivity index (χ1) is 7.58. The van der Waals surface area contributed by atoms with E-state index in [0.29, 0.717) is 5.56 Å². The molecule has 0 fully saturated rings. The van der Waals surface area contributed by atoms with E-state index >= 15 is 0 Å². The molecule has 1 unspecified atom stereocenters. The van der Waals surface area contributed by atoms with Crippen molar-refractivity contribution in [2.24, 2.45) is 0 Å². The van der Waals surface area contributed by atoms with Gasteiger partial charge in [-0.05, 0) is 25.5 Å². The van der Waals surface area contributed by atoms with E-state index in [4.69, 9.17) is 5.11 Å². The highest BCUT2D eigenvalue weighted by Gasteiger charge is 2.14. The third-order valence-electron chi connectivity index (χ3n) is 2.63. The van der Waals surface area contributed by atoms with Crippen LogP contribution in [-0.4, -0.2) is 17.8 Å². The summed E-state index contributed by atoms with van der Waals surface area (Å²) in [4.78, 5) is 0. The Kier molecular flexibility index (Phi) is 5.38. The molecule has 1 aromatic carbocycles. The largest absolute Gasteiger partial charge is 0.395 e. The second-order valence-corrected chi connectivity index (χ2v) is 4.76. The van der Waals surface area contributed by atoms with Crippen molar-refractivity contribution in [3.8, 4) is 0 Å². The van der Waals surface area contributed by atoms with Crippen molar-refractivity contribution in [2.75, 3.05) is 6.61 Å². The molecule has 2 nitrogen and oxygen atoms in total. The van der Waals surface area contributed by atoms with E-state index in [1.807, 2.05) is 19.9 Å². The Labute approximate surface area is 104 Å². The molecule has 0 saturated carbocycles. The third-order valence-corrected chi connectivity index (χ3v) is 3.12. The highest BCUT2D eigenvalue weighted by Crippen LogP contribution is 2.21. The summed E-state index contributed by atoms with van der Waals surface area (Å²) in [6.45, 7) is 3.95. The lowest BCUT2D eigenvalue weighted by Crippen LogP contribution is -2.34. The Morgan fingerprint density at radius 3 is 2.69 bits per heavy atom. The monoisotopic (exact) mass is 289 g/mol. The second-order valence-electron chi connectivity index (χ2n) is 3.84. The van der Waals surface area contributed by atoms with Gasteiger partial charge in [0.1, 0.15) is 5.82 Å². The van der Waals surface area contributed by atoms with E-state index in [2.05, 4.69) is 21.2 Å². The van der Waals surface area contributed by atoms with Gasteiger partial charge in [0, 0.05) is 22.1 Å². The number of nitrogens with one attached hydrogen (secondary N) is 1. The fraction of sp³-hybridized carbons (Fsp3) is 0.500. The van der Waals surface area contributed by atoms with Crippen molar-refractivity contribution >= 4 is 15.9 Å². The third kappa shape index (κ3) is 3.54. The Balaban J connectivity index is 2.76. The highest BCUT2D eigenvalue weighted by molar-refractivity contribution is 9.10. The molecule has 0 heterocycles. The molecule has 0 amide bonds. The molecule has 0 aliphatic carbocycles. The number of hydrogen-bond donors (Lipinski definition) is 2. The zero-order chi connectivity index (χ0) is 12.1. The van der Waals surface area contributed by atoms with E-state index in [1.54, 1.807) is 6.07 Å². The molecule has 90 valence electrons. The van der Waals surface area contributed by atoms with Crippen LogP contribution in [0.3, 0.4) is 0 Å². The second kappa shape index (κ2) is 6.33. The molecule has 16 heavy (non-hydrogen) atoms. The Morgan fingerprint density at radius 1 is 1.50 bits per heavy atom. The van der Waals surface area contributed by atoms with Gasteiger partial charge in [0.05, 0.1) is 6.61 Å². The van der Waals surface area contributed by atoms with E-state index in [0.717, 1.165) is 10.9 Å². The Hall–Kier alpha value is -0.450. The van der Waals surface area contributed by atoms with Gasteiger partial charge in [-0.3, -0.25) is 0 Å². The van der Waals surface area contributed by atoms with Crippen molar-refractivity contribution in [3.05, 3.63) is 34.1 Å². The van der Waals surface area contributed by atoms with Gasteiger partial charge in [-0.15, -0.1) is 0 Å². The summed E-state index contributed by atoms with van der Waals surface area (Å²) in [5.74, 6) is -0.234. The van der Waals surface area contributed by atoms with Gasteiger partial charge in [0.15, 0.2) is 0 Å². The number of benzene rings is 1. The summed E-state index contributed by atoms with van der Waals surface area (Å²) >= 11 is 3.22. The zero-order valence-corrected chi connectivity index (χ0v) is 11.1. The van der Waals surface area contributed by atoms with E-state index < -0.39 is 0 Å². The minimum atomic E-state index is -0.234. The summed E-state index contributed by atoms with van der Waals surface area (Å²) in [7, 11) is 0. The average molecular weight is 290 g/mol. The van der Waals surface area contributed by atoms with Crippen molar-refractivity contribution < 1.29 is 9.50 Å². The topological polar surface area (TPSA) is 32.3 Å². The lowest BCUT2D eigenvalue weighted by Gasteiger charge is -2.21. The normalized spacial score (nSPS) is 14.8. The molecule has 0 saturated heterocycles. The summed E-state index contributed by atoms with van der Waals surface area (Å²) in [5.41, 5.74) is 0.620. The molecule has 2 N–H and O–H groups in total. The van der Waals surface area contributed by atoms with Crippen LogP contribution >= 0.6 is 15.9 Å². The lowest BCUT2D eigenvalue weighted by molar-refractivity contribution is 0.229. The minimum absolute atomic E-state index is 0.0121. The van der Waals surface area contributed by atoms with Crippen molar-refractivity contribution in [2.45, 2.75) is 32.4 Å². The van der Waals surface area contributed by atoms with E-state index in [-0.39, 0.29) is 24.5 Å². The predicted octanol–water partition coefficient (Wildman–Crippen LogP) is 3.01. The van der Waals surface area contributed by atoms with Crippen LogP contribution in [-0.2, 0) is 0 Å². The molecule has 4 heteroatoms. The molecule has 1 aromatic rings. The van der Waals surface area contributed by atoms with Crippen molar-refractivity contribution in [3.63, 3.8) is 0 Å². The number of hydrogen-bond acceptors (Lipinski definition) is 2.